The van der Waals surface area contributed by atoms with Crippen LogP contribution in [-0.2, 0) is 16.0 Å². The summed E-state index contributed by atoms with van der Waals surface area (Å²) >= 11 is 0. The zero-order valence-corrected chi connectivity index (χ0v) is 22.9. The van der Waals surface area contributed by atoms with E-state index in [2.05, 4.69) is 26.1 Å². The summed E-state index contributed by atoms with van der Waals surface area (Å²) < 4.78 is 11.2. The quantitative estimate of drug-likeness (QED) is 0.290. The fraction of sp³-hybridized carbons (Fsp3) is 0.724. The Labute approximate surface area is 217 Å². The Hall–Kier alpha value is -2.28. The number of ether oxygens (including phenoxy) is 2. The van der Waals surface area contributed by atoms with Crippen molar-refractivity contribution < 1.29 is 24.2 Å². The molecule has 0 radical (unpaired) electrons. The van der Waals surface area contributed by atoms with Gasteiger partial charge in [-0.3, -0.25) is 0 Å². The summed E-state index contributed by atoms with van der Waals surface area (Å²) in [4.78, 5) is 26.1. The molecule has 204 valence electrons. The Balaban J connectivity index is 1.82. The molecule has 1 fully saturated rings. The predicted octanol–water partition coefficient (Wildman–Crippen LogP) is 5.91. The molecule has 7 heteroatoms. The normalized spacial score (nSPS) is 15.3. The number of carboxylic acids is 1. The van der Waals surface area contributed by atoms with Gasteiger partial charge in [0, 0.05) is 26.1 Å². The Morgan fingerprint density at radius 1 is 1.08 bits per heavy atom. The van der Waals surface area contributed by atoms with Crippen molar-refractivity contribution in [1.29, 1.82) is 0 Å². The summed E-state index contributed by atoms with van der Waals surface area (Å²) in [6.07, 6.45) is 9.77. The highest BCUT2D eigenvalue weighted by atomic mass is 16.5. The molecule has 0 bridgehead atoms. The molecule has 0 aliphatic heterocycles. The number of carbonyl (C=O) groups excluding carboxylic acids is 1. The van der Waals surface area contributed by atoms with Gasteiger partial charge in [-0.15, -0.1) is 0 Å². The standard InChI is InChI=1S/C29H48N2O5/c1-5-35-26(27(32)33)21-24-14-16-25(17-15-24)36-20-19-31(28(34)30-22-29(2,3)4)18-10-9-13-23-11-7-6-8-12-23/h14-17,23,26H,5-13,18-22H2,1-4H3,(H,30,34)(H,32,33). The first-order valence-electron chi connectivity index (χ1n) is 13.8. The van der Waals surface area contributed by atoms with Crippen molar-refractivity contribution in [2.45, 2.75) is 91.6 Å². The van der Waals surface area contributed by atoms with Crippen molar-refractivity contribution >= 4 is 12.0 Å². The smallest absolute Gasteiger partial charge is 0.333 e. The molecule has 1 atom stereocenters. The van der Waals surface area contributed by atoms with Gasteiger partial charge in [-0.05, 0) is 42.4 Å². The van der Waals surface area contributed by atoms with E-state index in [4.69, 9.17) is 9.47 Å². The lowest BCUT2D eigenvalue weighted by Gasteiger charge is -2.27. The molecule has 1 aromatic rings. The zero-order valence-electron chi connectivity index (χ0n) is 22.9. The first kappa shape index (κ1) is 29.9. The van der Waals surface area contributed by atoms with Crippen molar-refractivity contribution in [2.24, 2.45) is 11.3 Å². The first-order valence-corrected chi connectivity index (χ1v) is 13.8. The fourth-order valence-corrected chi connectivity index (χ4v) is 4.61. The molecule has 36 heavy (non-hydrogen) atoms. The Kier molecular flexibility index (Phi) is 13.1. The van der Waals surface area contributed by atoms with E-state index in [1.807, 2.05) is 29.2 Å². The number of benzene rings is 1. The second-order valence-corrected chi connectivity index (χ2v) is 11.2. The molecule has 2 amide bonds. The van der Waals surface area contributed by atoms with Gasteiger partial charge in [0.05, 0.1) is 6.54 Å². The van der Waals surface area contributed by atoms with Crippen LogP contribution in [0.5, 0.6) is 5.75 Å². The van der Waals surface area contributed by atoms with E-state index in [0.29, 0.717) is 38.5 Å². The lowest BCUT2D eigenvalue weighted by atomic mass is 9.86. The third-order valence-corrected chi connectivity index (χ3v) is 6.69. The highest BCUT2D eigenvalue weighted by Gasteiger charge is 2.19. The highest BCUT2D eigenvalue weighted by molar-refractivity contribution is 5.74. The van der Waals surface area contributed by atoms with E-state index in [1.54, 1.807) is 6.92 Å². The van der Waals surface area contributed by atoms with Gasteiger partial charge >= 0.3 is 12.0 Å². The van der Waals surface area contributed by atoms with Gasteiger partial charge in [-0.2, -0.15) is 0 Å². The molecular formula is C29H48N2O5. The molecule has 1 aliphatic rings. The third kappa shape index (κ3) is 12.1. The van der Waals surface area contributed by atoms with E-state index >= 15 is 0 Å². The average molecular weight is 505 g/mol. The summed E-state index contributed by atoms with van der Waals surface area (Å²) in [5.41, 5.74) is 0.909. The van der Waals surface area contributed by atoms with Crippen LogP contribution in [-0.4, -0.2) is 61.0 Å². The molecule has 1 aliphatic carbocycles. The van der Waals surface area contributed by atoms with Crippen LogP contribution in [0.1, 0.15) is 84.6 Å². The summed E-state index contributed by atoms with van der Waals surface area (Å²) in [7, 11) is 0. The maximum absolute atomic E-state index is 12.9. The molecular weight excluding hydrogens is 456 g/mol. The van der Waals surface area contributed by atoms with E-state index in [1.165, 1.54) is 38.5 Å². The summed E-state index contributed by atoms with van der Waals surface area (Å²) in [5, 5.41) is 12.4. The number of nitrogens with zero attached hydrogens (tertiary/aromatic N) is 1. The number of rotatable bonds is 15. The number of hydrogen-bond donors (Lipinski definition) is 2. The molecule has 1 saturated carbocycles. The molecule has 2 rings (SSSR count). The van der Waals surface area contributed by atoms with Crippen molar-refractivity contribution in [3.8, 4) is 5.75 Å². The lowest BCUT2D eigenvalue weighted by molar-refractivity contribution is -0.149. The number of nitrogens with one attached hydrogen (secondary N) is 1. The molecule has 7 nitrogen and oxygen atoms in total. The monoisotopic (exact) mass is 504 g/mol. The zero-order chi connectivity index (χ0) is 26.4. The molecule has 2 N–H and O–H groups in total. The van der Waals surface area contributed by atoms with Crippen molar-refractivity contribution in [3.05, 3.63) is 29.8 Å². The summed E-state index contributed by atoms with van der Waals surface area (Å²) in [5.74, 6) is 0.614. The number of unbranched alkanes of at least 4 members (excludes halogenated alkanes) is 1. The van der Waals surface area contributed by atoms with E-state index < -0.39 is 12.1 Å². The fourth-order valence-electron chi connectivity index (χ4n) is 4.61. The van der Waals surface area contributed by atoms with Crippen LogP contribution in [0.2, 0.25) is 0 Å². The first-order chi connectivity index (χ1) is 17.2. The molecule has 0 aromatic heterocycles. The number of carboxylic acid groups (broad SMARTS) is 1. The van der Waals surface area contributed by atoms with Crippen LogP contribution in [0.3, 0.4) is 0 Å². The maximum Gasteiger partial charge on any atom is 0.333 e. The van der Waals surface area contributed by atoms with Crippen LogP contribution in [0.25, 0.3) is 0 Å². The Bertz CT molecular complexity index is 769. The molecule has 0 saturated heterocycles. The molecule has 1 unspecified atom stereocenters. The largest absolute Gasteiger partial charge is 0.492 e. The Morgan fingerprint density at radius 2 is 1.78 bits per heavy atom. The van der Waals surface area contributed by atoms with Crippen molar-refractivity contribution in [3.63, 3.8) is 0 Å². The number of urea groups is 1. The predicted molar refractivity (Wildman–Crippen MR) is 144 cm³/mol. The second kappa shape index (κ2) is 15.7. The van der Waals surface area contributed by atoms with Gasteiger partial charge in [0.1, 0.15) is 12.4 Å². The third-order valence-electron chi connectivity index (χ3n) is 6.69. The SMILES string of the molecule is CCOC(Cc1ccc(OCCN(CCCCC2CCCCC2)C(=O)NCC(C)(C)C)cc1)C(=O)O. The topological polar surface area (TPSA) is 88.1 Å². The van der Waals surface area contributed by atoms with Crippen LogP contribution in [0.4, 0.5) is 4.79 Å². The molecule has 0 heterocycles. The van der Waals surface area contributed by atoms with Crippen molar-refractivity contribution in [2.75, 3.05) is 32.8 Å². The van der Waals surface area contributed by atoms with Gasteiger partial charge in [-0.1, -0.05) is 77.8 Å². The molecule has 0 spiro atoms. The van der Waals surface area contributed by atoms with Crippen LogP contribution < -0.4 is 10.1 Å². The second-order valence-electron chi connectivity index (χ2n) is 11.2. The molecule has 1 aromatic carbocycles. The van der Waals surface area contributed by atoms with Crippen LogP contribution in [0.15, 0.2) is 24.3 Å². The van der Waals surface area contributed by atoms with Gasteiger partial charge in [-0.25, -0.2) is 9.59 Å². The van der Waals surface area contributed by atoms with Gasteiger partial charge < -0.3 is 24.8 Å². The highest BCUT2D eigenvalue weighted by Crippen LogP contribution is 2.27. The van der Waals surface area contributed by atoms with Gasteiger partial charge in [0.25, 0.3) is 0 Å². The summed E-state index contributed by atoms with van der Waals surface area (Å²) in [6.45, 7) is 10.8. The number of amides is 2. The number of carbonyl (C=O) groups is 2. The average Bonchev–Trinajstić information content (AvgIpc) is 2.84. The van der Waals surface area contributed by atoms with E-state index in [-0.39, 0.29) is 11.4 Å². The van der Waals surface area contributed by atoms with E-state index in [9.17, 15) is 14.7 Å². The lowest BCUT2D eigenvalue weighted by Crippen LogP contribution is -2.45. The maximum atomic E-state index is 12.9. The number of hydrogen-bond acceptors (Lipinski definition) is 4. The Morgan fingerprint density at radius 3 is 2.39 bits per heavy atom. The van der Waals surface area contributed by atoms with Gasteiger partial charge in [0.2, 0.25) is 0 Å². The minimum absolute atomic E-state index is 0.0301. The van der Waals surface area contributed by atoms with Crippen LogP contribution in [0, 0.1) is 11.3 Å². The number of aliphatic carboxylic acids is 1. The van der Waals surface area contributed by atoms with Crippen molar-refractivity contribution in [1.82, 2.24) is 10.2 Å². The van der Waals surface area contributed by atoms with E-state index in [0.717, 1.165) is 30.9 Å². The minimum Gasteiger partial charge on any atom is -0.492 e. The van der Waals surface area contributed by atoms with Crippen LogP contribution >= 0.6 is 0 Å². The summed E-state index contributed by atoms with van der Waals surface area (Å²) in [6, 6.07) is 7.38. The van der Waals surface area contributed by atoms with Gasteiger partial charge in [0.15, 0.2) is 6.10 Å². The minimum atomic E-state index is -0.958.